The van der Waals surface area contributed by atoms with E-state index < -0.39 is 5.97 Å². The molecule has 2 fully saturated rings. The third-order valence-electron chi connectivity index (χ3n) is 7.16. The first-order valence-corrected chi connectivity index (χ1v) is 12.9. The van der Waals surface area contributed by atoms with E-state index in [0.29, 0.717) is 37.5 Å². The summed E-state index contributed by atoms with van der Waals surface area (Å²) in [6.07, 6.45) is 4.96. The average molecular weight is 484 g/mol. The maximum atomic E-state index is 13.9. The number of carboxylic acid groups (broad SMARTS) is 1. The standard InChI is InChI=1S/C26H33N3O4S/c1-17-8-10-19(11-9-17)24(30)29(20-12-14-28(15-13-20)26(33)27-2)21-16-22(34-23(21)25(31)32)18-6-4-3-5-7-18/h3-7,16-17,19-20H,8-15H2,1-2H3,(H,27,33)(H,31,32). The monoisotopic (exact) mass is 483 g/mol. The minimum Gasteiger partial charge on any atom is -0.477 e. The Bertz CT molecular complexity index is 1020. The van der Waals surface area contributed by atoms with Crippen LogP contribution in [0.3, 0.4) is 0 Å². The van der Waals surface area contributed by atoms with E-state index in [-0.39, 0.29) is 28.8 Å². The van der Waals surface area contributed by atoms with Crippen LogP contribution in [-0.2, 0) is 4.79 Å². The van der Waals surface area contributed by atoms with Crippen molar-refractivity contribution < 1.29 is 19.5 Å². The molecule has 2 aromatic rings. The fourth-order valence-corrected chi connectivity index (χ4v) is 6.14. The van der Waals surface area contributed by atoms with Crippen molar-refractivity contribution in [3.05, 3.63) is 41.3 Å². The van der Waals surface area contributed by atoms with E-state index in [9.17, 15) is 19.5 Å². The van der Waals surface area contributed by atoms with Crippen molar-refractivity contribution in [2.24, 2.45) is 11.8 Å². The van der Waals surface area contributed by atoms with E-state index in [1.165, 1.54) is 11.3 Å². The number of rotatable bonds is 5. The van der Waals surface area contributed by atoms with Gasteiger partial charge in [0.1, 0.15) is 4.88 Å². The van der Waals surface area contributed by atoms with Gasteiger partial charge in [-0.05, 0) is 56.1 Å². The molecule has 1 saturated heterocycles. The Labute approximate surface area is 204 Å². The largest absolute Gasteiger partial charge is 0.477 e. The van der Waals surface area contributed by atoms with E-state index >= 15 is 0 Å². The summed E-state index contributed by atoms with van der Waals surface area (Å²) in [4.78, 5) is 42.9. The van der Waals surface area contributed by atoms with Gasteiger partial charge in [0.15, 0.2) is 0 Å². The van der Waals surface area contributed by atoms with Gasteiger partial charge in [0.05, 0.1) is 5.69 Å². The number of piperidine rings is 1. The lowest BCUT2D eigenvalue weighted by Crippen LogP contribution is -2.52. The molecule has 182 valence electrons. The SMILES string of the molecule is CNC(=O)N1CCC(N(C(=O)C2CCC(C)CC2)c2cc(-c3ccccc3)sc2C(=O)O)CC1. The van der Waals surface area contributed by atoms with Gasteiger partial charge in [0, 0.05) is 37.0 Å². The molecule has 0 atom stereocenters. The summed E-state index contributed by atoms with van der Waals surface area (Å²) < 4.78 is 0. The molecule has 0 radical (unpaired) electrons. The third-order valence-corrected chi connectivity index (χ3v) is 8.32. The molecule has 1 saturated carbocycles. The van der Waals surface area contributed by atoms with Crippen molar-refractivity contribution in [3.8, 4) is 10.4 Å². The Hall–Kier alpha value is -2.87. The molecule has 34 heavy (non-hydrogen) atoms. The zero-order valence-electron chi connectivity index (χ0n) is 19.8. The summed E-state index contributed by atoms with van der Waals surface area (Å²) >= 11 is 1.22. The predicted octanol–water partition coefficient (Wildman–Crippen LogP) is 5.08. The van der Waals surface area contributed by atoms with Gasteiger partial charge in [-0.1, -0.05) is 37.3 Å². The topological polar surface area (TPSA) is 90.0 Å². The molecule has 2 heterocycles. The van der Waals surface area contributed by atoms with E-state index in [2.05, 4.69) is 12.2 Å². The first-order chi connectivity index (χ1) is 16.4. The fourth-order valence-electron chi connectivity index (χ4n) is 5.14. The number of carbonyl (C=O) groups is 3. The van der Waals surface area contributed by atoms with Crippen LogP contribution in [0.1, 0.15) is 55.1 Å². The van der Waals surface area contributed by atoms with Gasteiger partial charge >= 0.3 is 12.0 Å². The van der Waals surface area contributed by atoms with Crippen molar-refractivity contribution in [1.29, 1.82) is 0 Å². The number of aromatic carboxylic acids is 1. The molecule has 1 aliphatic heterocycles. The number of nitrogens with zero attached hydrogens (tertiary/aromatic N) is 2. The molecule has 3 amide bonds. The van der Waals surface area contributed by atoms with E-state index in [1.807, 2.05) is 36.4 Å². The van der Waals surface area contributed by atoms with Crippen LogP contribution in [0.15, 0.2) is 36.4 Å². The van der Waals surface area contributed by atoms with Crippen LogP contribution < -0.4 is 10.2 Å². The van der Waals surface area contributed by atoms with Gasteiger partial charge in [0.25, 0.3) is 0 Å². The van der Waals surface area contributed by atoms with E-state index in [4.69, 9.17) is 0 Å². The minimum absolute atomic E-state index is 0.0326. The zero-order valence-corrected chi connectivity index (χ0v) is 20.6. The lowest BCUT2D eigenvalue weighted by molar-refractivity contribution is -0.124. The van der Waals surface area contributed by atoms with Gasteiger partial charge < -0.3 is 20.2 Å². The number of benzene rings is 1. The number of amides is 3. The number of hydrogen-bond acceptors (Lipinski definition) is 4. The maximum Gasteiger partial charge on any atom is 0.348 e. The van der Waals surface area contributed by atoms with Crippen molar-refractivity contribution in [1.82, 2.24) is 10.2 Å². The Morgan fingerprint density at radius 1 is 1.03 bits per heavy atom. The Morgan fingerprint density at radius 2 is 1.68 bits per heavy atom. The average Bonchev–Trinajstić information content (AvgIpc) is 3.30. The van der Waals surface area contributed by atoms with Crippen LogP contribution in [0, 0.1) is 11.8 Å². The maximum absolute atomic E-state index is 13.9. The zero-order chi connectivity index (χ0) is 24.2. The van der Waals surface area contributed by atoms with Crippen LogP contribution in [0.5, 0.6) is 0 Å². The number of carboxylic acids is 1. The molecule has 1 aliphatic carbocycles. The number of nitrogens with one attached hydrogen (secondary N) is 1. The van der Waals surface area contributed by atoms with Gasteiger partial charge in [-0.15, -0.1) is 11.3 Å². The summed E-state index contributed by atoms with van der Waals surface area (Å²) in [5, 5.41) is 12.7. The fraction of sp³-hybridized carbons (Fsp3) is 0.500. The quantitative estimate of drug-likeness (QED) is 0.621. The lowest BCUT2D eigenvalue weighted by atomic mass is 9.82. The molecular formula is C26H33N3O4S. The molecule has 2 N–H and O–H groups in total. The second-order valence-corrected chi connectivity index (χ2v) is 10.5. The highest BCUT2D eigenvalue weighted by Crippen LogP contribution is 2.41. The number of likely N-dealkylation sites (tertiary alicyclic amines) is 1. The molecule has 2 aliphatic rings. The molecule has 4 rings (SSSR count). The van der Waals surface area contributed by atoms with Crippen LogP contribution >= 0.6 is 11.3 Å². The van der Waals surface area contributed by atoms with Crippen molar-refractivity contribution in [3.63, 3.8) is 0 Å². The van der Waals surface area contributed by atoms with Crippen molar-refractivity contribution in [2.45, 2.75) is 51.5 Å². The van der Waals surface area contributed by atoms with Crippen LogP contribution in [-0.4, -0.2) is 54.1 Å². The van der Waals surface area contributed by atoms with Crippen LogP contribution in [0.2, 0.25) is 0 Å². The highest BCUT2D eigenvalue weighted by Gasteiger charge is 2.37. The summed E-state index contributed by atoms with van der Waals surface area (Å²) in [5.74, 6) is -0.450. The summed E-state index contributed by atoms with van der Waals surface area (Å²) in [6, 6.07) is 11.3. The van der Waals surface area contributed by atoms with E-state index in [0.717, 1.165) is 36.1 Å². The number of urea groups is 1. The molecule has 1 aromatic heterocycles. The summed E-state index contributed by atoms with van der Waals surface area (Å²) in [7, 11) is 1.62. The highest BCUT2D eigenvalue weighted by molar-refractivity contribution is 7.18. The smallest absolute Gasteiger partial charge is 0.348 e. The second kappa shape index (κ2) is 10.6. The van der Waals surface area contributed by atoms with Gasteiger partial charge in [0.2, 0.25) is 5.91 Å². The van der Waals surface area contributed by atoms with Crippen molar-refractivity contribution >= 4 is 34.9 Å². The first-order valence-electron chi connectivity index (χ1n) is 12.1. The molecule has 0 spiro atoms. The first kappa shape index (κ1) is 24.3. The number of anilines is 1. The van der Waals surface area contributed by atoms with Gasteiger partial charge in [-0.25, -0.2) is 9.59 Å². The minimum atomic E-state index is -1.01. The van der Waals surface area contributed by atoms with Gasteiger partial charge in [-0.2, -0.15) is 0 Å². The van der Waals surface area contributed by atoms with Crippen LogP contribution in [0.4, 0.5) is 10.5 Å². The third kappa shape index (κ3) is 5.12. The van der Waals surface area contributed by atoms with Gasteiger partial charge in [-0.3, -0.25) is 4.79 Å². The Morgan fingerprint density at radius 3 is 2.26 bits per heavy atom. The molecular weight excluding hydrogens is 450 g/mol. The van der Waals surface area contributed by atoms with Crippen molar-refractivity contribution in [2.75, 3.05) is 25.0 Å². The van der Waals surface area contributed by atoms with Crippen LogP contribution in [0.25, 0.3) is 10.4 Å². The predicted molar refractivity (Wildman–Crippen MR) is 134 cm³/mol. The lowest BCUT2D eigenvalue weighted by Gasteiger charge is -2.40. The highest BCUT2D eigenvalue weighted by atomic mass is 32.1. The second-order valence-electron chi connectivity index (χ2n) is 9.43. The summed E-state index contributed by atoms with van der Waals surface area (Å²) in [6.45, 7) is 3.29. The molecule has 0 bridgehead atoms. The molecule has 8 heteroatoms. The number of thiophene rings is 1. The number of carbonyl (C=O) groups excluding carboxylic acids is 2. The molecule has 1 aromatic carbocycles. The summed E-state index contributed by atoms with van der Waals surface area (Å²) in [5.41, 5.74) is 1.44. The Kier molecular flexibility index (Phi) is 7.56. The normalized spacial score (nSPS) is 21.2. The molecule has 0 unspecified atom stereocenters. The Balaban J connectivity index is 1.69. The number of hydrogen-bond donors (Lipinski definition) is 2. The van der Waals surface area contributed by atoms with E-state index in [1.54, 1.807) is 16.8 Å². The molecule has 7 nitrogen and oxygen atoms in total.